The third-order valence-electron chi connectivity index (χ3n) is 4.50. The van der Waals surface area contributed by atoms with E-state index in [0.717, 1.165) is 29.7 Å². The van der Waals surface area contributed by atoms with Crippen molar-refractivity contribution in [2.75, 3.05) is 5.32 Å². The van der Waals surface area contributed by atoms with Crippen LogP contribution in [0.25, 0.3) is 0 Å². The fraction of sp³-hybridized carbons (Fsp3) is 0.421. The second-order valence-electron chi connectivity index (χ2n) is 6.53. The fourth-order valence-electron chi connectivity index (χ4n) is 3.22. The van der Waals surface area contributed by atoms with Gasteiger partial charge in [0, 0.05) is 17.8 Å². The molecule has 1 heterocycles. The molecule has 126 valence electrons. The number of hydrogen-bond acceptors (Lipinski definition) is 4. The van der Waals surface area contributed by atoms with Gasteiger partial charge in [0.1, 0.15) is 17.3 Å². The number of anilines is 2. The maximum absolute atomic E-state index is 12.5. The molecule has 5 nitrogen and oxygen atoms in total. The van der Waals surface area contributed by atoms with Crippen LogP contribution in [-0.4, -0.2) is 21.9 Å². The molecule has 2 N–H and O–H groups in total. The van der Waals surface area contributed by atoms with Crippen LogP contribution in [0.5, 0.6) is 0 Å². The van der Waals surface area contributed by atoms with Crippen molar-refractivity contribution in [3.8, 4) is 0 Å². The van der Waals surface area contributed by atoms with Crippen LogP contribution < -0.4 is 10.6 Å². The zero-order valence-corrected chi connectivity index (χ0v) is 14.5. The highest BCUT2D eigenvalue weighted by Crippen LogP contribution is 2.24. The van der Waals surface area contributed by atoms with E-state index in [0.29, 0.717) is 17.3 Å². The Morgan fingerprint density at radius 3 is 2.42 bits per heavy atom. The second-order valence-corrected chi connectivity index (χ2v) is 6.53. The molecular formula is C19H24N4O. The van der Waals surface area contributed by atoms with E-state index >= 15 is 0 Å². The van der Waals surface area contributed by atoms with Gasteiger partial charge in [0.15, 0.2) is 0 Å². The molecule has 0 unspecified atom stereocenters. The van der Waals surface area contributed by atoms with Crippen molar-refractivity contribution >= 4 is 17.4 Å². The van der Waals surface area contributed by atoms with Gasteiger partial charge in [-0.2, -0.15) is 0 Å². The van der Waals surface area contributed by atoms with Crippen LogP contribution in [0.4, 0.5) is 11.5 Å². The molecule has 5 heteroatoms. The zero-order valence-electron chi connectivity index (χ0n) is 14.5. The van der Waals surface area contributed by atoms with Gasteiger partial charge in [-0.25, -0.2) is 9.97 Å². The van der Waals surface area contributed by atoms with Crippen LogP contribution in [0.2, 0.25) is 0 Å². The normalized spacial score (nSPS) is 14.6. The molecule has 1 aromatic heterocycles. The van der Waals surface area contributed by atoms with Gasteiger partial charge in [0.05, 0.1) is 0 Å². The van der Waals surface area contributed by atoms with Gasteiger partial charge in [-0.15, -0.1) is 0 Å². The van der Waals surface area contributed by atoms with E-state index in [-0.39, 0.29) is 11.9 Å². The van der Waals surface area contributed by atoms with Crippen molar-refractivity contribution in [2.24, 2.45) is 0 Å². The van der Waals surface area contributed by atoms with Crippen LogP contribution in [-0.2, 0) is 0 Å². The number of benzene rings is 1. The summed E-state index contributed by atoms with van der Waals surface area (Å²) in [5.41, 5.74) is 3.73. The molecule has 0 aliphatic heterocycles. The molecule has 0 atom stereocenters. The SMILES string of the molecule is Cc1nc(Nc2c(C)cccc2C)cc(C(=O)NC2CCCC2)n1. The lowest BCUT2D eigenvalue weighted by Crippen LogP contribution is -2.33. The van der Waals surface area contributed by atoms with Crippen molar-refractivity contribution < 1.29 is 4.79 Å². The topological polar surface area (TPSA) is 66.9 Å². The Morgan fingerprint density at radius 2 is 1.75 bits per heavy atom. The number of amides is 1. The lowest BCUT2D eigenvalue weighted by molar-refractivity contribution is 0.0932. The molecule has 1 aliphatic rings. The van der Waals surface area contributed by atoms with Crippen LogP contribution in [0.15, 0.2) is 24.3 Å². The number of hydrogen-bond donors (Lipinski definition) is 2. The summed E-state index contributed by atoms with van der Waals surface area (Å²) < 4.78 is 0. The summed E-state index contributed by atoms with van der Waals surface area (Å²) in [7, 11) is 0. The highest BCUT2D eigenvalue weighted by atomic mass is 16.1. The molecule has 1 aliphatic carbocycles. The molecule has 2 aromatic rings. The van der Waals surface area contributed by atoms with Gasteiger partial charge in [-0.3, -0.25) is 4.79 Å². The van der Waals surface area contributed by atoms with Crippen molar-refractivity contribution in [1.29, 1.82) is 0 Å². The predicted molar refractivity (Wildman–Crippen MR) is 95.7 cm³/mol. The first-order valence-corrected chi connectivity index (χ1v) is 8.53. The number of carbonyl (C=O) groups excluding carboxylic acids is 1. The molecule has 1 aromatic carbocycles. The lowest BCUT2D eigenvalue weighted by atomic mass is 10.1. The number of aryl methyl sites for hydroxylation is 3. The summed E-state index contributed by atoms with van der Waals surface area (Å²) in [6.45, 7) is 5.91. The maximum atomic E-state index is 12.5. The Hall–Kier alpha value is -2.43. The van der Waals surface area contributed by atoms with Gasteiger partial charge in [-0.1, -0.05) is 31.0 Å². The second kappa shape index (κ2) is 6.99. The molecule has 3 rings (SSSR count). The number of nitrogens with zero attached hydrogens (tertiary/aromatic N) is 2. The molecule has 1 amide bonds. The molecular weight excluding hydrogens is 300 g/mol. The van der Waals surface area contributed by atoms with E-state index < -0.39 is 0 Å². The predicted octanol–water partition coefficient (Wildman–Crippen LogP) is 3.82. The third kappa shape index (κ3) is 3.72. The van der Waals surface area contributed by atoms with Gasteiger partial charge in [-0.05, 0) is 44.7 Å². The van der Waals surface area contributed by atoms with Crippen LogP contribution in [0.3, 0.4) is 0 Å². The first kappa shape index (κ1) is 16.4. The molecule has 0 radical (unpaired) electrons. The molecule has 0 bridgehead atoms. The largest absolute Gasteiger partial charge is 0.348 e. The van der Waals surface area contributed by atoms with Crippen molar-refractivity contribution in [3.05, 3.63) is 46.9 Å². The first-order valence-electron chi connectivity index (χ1n) is 8.53. The fourth-order valence-corrected chi connectivity index (χ4v) is 3.22. The minimum absolute atomic E-state index is 0.114. The summed E-state index contributed by atoms with van der Waals surface area (Å²) in [4.78, 5) is 21.2. The Bertz CT molecular complexity index is 731. The van der Waals surface area contributed by atoms with E-state index in [9.17, 15) is 4.79 Å². The molecule has 0 spiro atoms. The van der Waals surface area contributed by atoms with Gasteiger partial charge in [0.25, 0.3) is 5.91 Å². The van der Waals surface area contributed by atoms with Crippen molar-refractivity contribution in [3.63, 3.8) is 0 Å². The van der Waals surface area contributed by atoms with E-state index in [1.165, 1.54) is 12.8 Å². The number of carbonyl (C=O) groups is 1. The lowest BCUT2D eigenvalue weighted by Gasteiger charge is -2.14. The number of rotatable bonds is 4. The number of nitrogens with one attached hydrogen (secondary N) is 2. The monoisotopic (exact) mass is 324 g/mol. The average Bonchev–Trinajstić information content (AvgIpc) is 3.03. The van der Waals surface area contributed by atoms with E-state index in [1.54, 1.807) is 6.07 Å². The van der Waals surface area contributed by atoms with Gasteiger partial charge < -0.3 is 10.6 Å². The average molecular weight is 324 g/mol. The Morgan fingerprint density at radius 1 is 1.08 bits per heavy atom. The minimum Gasteiger partial charge on any atom is -0.348 e. The quantitative estimate of drug-likeness (QED) is 0.897. The minimum atomic E-state index is -0.114. The standard InChI is InChI=1S/C19H24N4O/c1-12-7-6-8-13(2)18(12)23-17-11-16(20-14(3)21-17)19(24)22-15-9-4-5-10-15/h6-8,11,15H,4-5,9-10H2,1-3H3,(H,22,24)(H,20,21,23). The summed E-state index contributed by atoms with van der Waals surface area (Å²) in [6.07, 6.45) is 4.49. The first-order chi connectivity index (χ1) is 11.5. The summed E-state index contributed by atoms with van der Waals surface area (Å²) >= 11 is 0. The summed E-state index contributed by atoms with van der Waals surface area (Å²) in [6, 6.07) is 8.14. The van der Waals surface area contributed by atoms with Gasteiger partial charge >= 0.3 is 0 Å². The molecule has 24 heavy (non-hydrogen) atoms. The Labute approximate surface area is 142 Å². The number of para-hydroxylation sites is 1. The van der Waals surface area contributed by atoms with E-state index in [4.69, 9.17) is 0 Å². The smallest absolute Gasteiger partial charge is 0.270 e. The van der Waals surface area contributed by atoms with Crippen molar-refractivity contribution in [1.82, 2.24) is 15.3 Å². The van der Waals surface area contributed by atoms with E-state index in [2.05, 4.69) is 46.6 Å². The molecule has 1 saturated carbocycles. The molecule has 1 fully saturated rings. The summed E-state index contributed by atoms with van der Waals surface area (Å²) in [5, 5.41) is 6.42. The zero-order chi connectivity index (χ0) is 17.1. The van der Waals surface area contributed by atoms with E-state index in [1.807, 2.05) is 13.0 Å². The van der Waals surface area contributed by atoms with Gasteiger partial charge in [0.2, 0.25) is 0 Å². The summed E-state index contributed by atoms with van der Waals surface area (Å²) in [5.74, 6) is 1.12. The van der Waals surface area contributed by atoms with Crippen molar-refractivity contribution in [2.45, 2.75) is 52.5 Å². The highest BCUT2D eigenvalue weighted by molar-refractivity contribution is 5.93. The Kier molecular flexibility index (Phi) is 4.79. The third-order valence-corrected chi connectivity index (χ3v) is 4.50. The molecule has 0 saturated heterocycles. The highest BCUT2D eigenvalue weighted by Gasteiger charge is 2.19. The number of aromatic nitrogens is 2. The Balaban J connectivity index is 1.82. The maximum Gasteiger partial charge on any atom is 0.270 e. The van der Waals surface area contributed by atoms with Crippen LogP contribution in [0, 0.1) is 20.8 Å². The van der Waals surface area contributed by atoms with Crippen LogP contribution >= 0.6 is 0 Å². The van der Waals surface area contributed by atoms with Crippen LogP contribution in [0.1, 0.15) is 53.1 Å².